The van der Waals surface area contributed by atoms with Crippen LogP contribution in [-0.2, 0) is 11.2 Å². The van der Waals surface area contributed by atoms with Gasteiger partial charge in [0.2, 0.25) is 0 Å². The van der Waals surface area contributed by atoms with Gasteiger partial charge in [-0.2, -0.15) is 0 Å². The molecule has 0 amide bonds. The predicted molar refractivity (Wildman–Crippen MR) is 141 cm³/mol. The first-order chi connectivity index (χ1) is 16.3. The number of aromatic nitrogens is 1. The molecule has 0 aliphatic rings. The molecule has 0 spiro atoms. The van der Waals surface area contributed by atoms with Gasteiger partial charge in [0, 0.05) is 18.8 Å². The van der Waals surface area contributed by atoms with Crippen molar-refractivity contribution in [2.45, 2.75) is 90.9 Å². The summed E-state index contributed by atoms with van der Waals surface area (Å²) in [5.41, 5.74) is 3.55. The summed E-state index contributed by atoms with van der Waals surface area (Å²) in [5.74, 6) is 0.859. The molecule has 33 heavy (non-hydrogen) atoms. The Bertz CT molecular complexity index is 737. The van der Waals surface area contributed by atoms with Crippen molar-refractivity contribution < 1.29 is 9.47 Å². The van der Waals surface area contributed by atoms with Crippen LogP contribution in [0, 0.1) is 0 Å². The smallest absolute Gasteiger partial charge is 0.137 e. The normalized spacial score (nSPS) is 11.3. The Morgan fingerprint density at radius 2 is 1.45 bits per heavy atom. The molecule has 2 aromatic rings. The molecule has 182 valence electrons. The van der Waals surface area contributed by atoms with Crippen molar-refractivity contribution in [1.29, 1.82) is 0 Å². The molecule has 0 aliphatic carbocycles. The number of hydrogen-bond acceptors (Lipinski definition) is 3. The van der Waals surface area contributed by atoms with E-state index in [4.69, 9.17) is 9.47 Å². The Kier molecular flexibility index (Phi) is 15.0. The Morgan fingerprint density at radius 1 is 0.697 bits per heavy atom. The molecule has 2 rings (SSSR count). The molecule has 0 radical (unpaired) electrons. The van der Waals surface area contributed by atoms with Crippen molar-refractivity contribution >= 4 is 0 Å². The third kappa shape index (κ3) is 12.6. The maximum atomic E-state index is 5.87. The maximum Gasteiger partial charge on any atom is 0.137 e. The highest BCUT2D eigenvalue weighted by Gasteiger charge is 2.02. The van der Waals surface area contributed by atoms with E-state index in [1.165, 1.54) is 56.9 Å². The largest absolute Gasteiger partial charge is 0.492 e. The van der Waals surface area contributed by atoms with Crippen molar-refractivity contribution in [2.24, 2.45) is 0 Å². The van der Waals surface area contributed by atoms with Crippen LogP contribution in [0.4, 0.5) is 0 Å². The maximum absolute atomic E-state index is 5.87. The van der Waals surface area contributed by atoms with E-state index < -0.39 is 0 Å². The van der Waals surface area contributed by atoms with Gasteiger partial charge in [-0.1, -0.05) is 69.5 Å². The minimum Gasteiger partial charge on any atom is -0.492 e. The molecule has 0 atom stereocenters. The lowest BCUT2D eigenvalue weighted by Gasteiger charge is -2.08. The standard InChI is InChI=1S/C30H45NO2/c1-3-5-6-7-8-9-10-11-15-25-33-29-21-22-30(31-26-29)28-19-17-27(18-20-28)16-13-12-14-24-32-23-4-2/h7-8,17-22,26H,3-6,9-16,23-25H2,1-2H3. The minimum absolute atomic E-state index is 0.764. The van der Waals surface area contributed by atoms with Crippen LogP contribution < -0.4 is 4.74 Å². The molecule has 0 saturated heterocycles. The van der Waals surface area contributed by atoms with E-state index in [2.05, 4.69) is 61.3 Å². The highest BCUT2D eigenvalue weighted by molar-refractivity contribution is 5.59. The minimum atomic E-state index is 0.764. The van der Waals surface area contributed by atoms with Gasteiger partial charge in [-0.05, 0) is 75.5 Å². The Balaban J connectivity index is 1.60. The predicted octanol–water partition coefficient (Wildman–Crippen LogP) is 8.57. The quantitative estimate of drug-likeness (QED) is 0.158. The van der Waals surface area contributed by atoms with Crippen molar-refractivity contribution in [3.8, 4) is 17.0 Å². The second-order valence-electron chi connectivity index (χ2n) is 8.81. The highest BCUT2D eigenvalue weighted by Crippen LogP contribution is 2.21. The van der Waals surface area contributed by atoms with Crippen molar-refractivity contribution in [3.63, 3.8) is 0 Å². The fourth-order valence-corrected chi connectivity index (χ4v) is 3.72. The van der Waals surface area contributed by atoms with Gasteiger partial charge in [-0.25, -0.2) is 0 Å². The van der Waals surface area contributed by atoms with Crippen LogP contribution in [0.3, 0.4) is 0 Å². The Morgan fingerprint density at radius 3 is 2.18 bits per heavy atom. The van der Waals surface area contributed by atoms with Crippen LogP contribution in [0.5, 0.6) is 5.75 Å². The van der Waals surface area contributed by atoms with E-state index in [-0.39, 0.29) is 0 Å². The van der Waals surface area contributed by atoms with Gasteiger partial charge in [0.15, 0.2) is 0 Å². The summed E-state index contributed by atoms with van der Waals surface area (Å²) in [6.07, 6.45) is 20.9. The van der Waals surface area contributed by atoms with Crippen LogP contribution in [0.2, 0.25) is 0 Å². The lowest BCUT2D eigenvalue weighted by Crippen LogP contribution is -1.98. The summed E-state index contributed by atoms with van der Waals surface area (Å²) < 4.78 is 11.4. The topological polar surface area (TPSA) is 31.4 Å². The van der Waals surface area contributed by atoms with E-state index >= 15 is 0 Å². The van der Waals surface area contributed by atoms with Gasteiger partial charge in [0.05, 0.1) is 18.5 Å². The number of hydrogen-bond donors (Lipinski definition) is 0. The van der Waals surface area contributed by atoms with E-state index in [9.17, 15) is 0 Å². The first-order valence-corrected chi connectivity index (χ1v) is 13.2. The average molecular weight is 452 g/mol. The zero-order chi connectivity index (χ0) is 23.4. The number of aryl methyl sites for hydroxylation is 1. The third-order valence-corrected chi connectivity index (χ3v) is 5.76. The molecule has 0 aliphatic heterocycles. The zero-order valence-electron chi connectivity index (χ0n) is 21.1. The molecular formula is C30H45NO2. The van der Waals surface area contributed by atoms with Crippen molar-refractivity contribution in [2.75, 3.05) is 19.8 Å². The van der Waals surface area contributed by atoms with E-state index in [1.807, 2.05) is 12.3 Å². The third-order valence-electron chi connectivity index (χ3n) is 5.76. The van der Waals surface area contributed by atoms with E-state index in [0.29, 0.717) is 0 Å². The molecule has 1 heterocycles. The second-order valence-corrected chi connectivity index (χ2v) is 8.81. The van der Waals surface area contributed by atoms with Crippen LogP contribution in [-0.4, -0.2) is 24.8 Å². The molecule has 0 saturated carbocycles. The van der Waals surface area contributed by atoms with Gasteiger partial charge >= 0.3 is 0 Å². The number of unbranched alkanes of at least 4 members (excludes halogenated alkanes) is 7. The van der Waals surface area contributed by atoms with Gasteiger partial charge in [0.25, 0.3) is 0 Å². The summed E-state index contributed by atoms with van der Waals surface area (Å²) in [4.78, 5) is 4.61. The molecule has 1 aromatic carbocycles. The van der Waals surface area contributed by atoms with Gasteiger partial charge in [-0.3, -0.25) is 4.98 Å². The van der Waals surface area contributed by atoms with Crippen LogP contribution in [0.25, 0.3) is 11.3 Å². The lowest BCUT2D eigenvalue weighted by atomic mass is 10.0. The zero-order valence-corrected chi connectivity index (χ0v) is 21.1. The second kappa shape index (κ2) is 18.3. The summed E-state index contributed by atoms with van der Waals surface area (Å²) >= 11 is 0. The van der Waals surface area contributed by atoms with Crippen LogP contribution >= 0.6 is 0 Å². The fraction of sp³-hybridized carbons (Fsp3) is 0.567. The van der Waals surface area contributed by atoms with Crippen molar-refractivity contribution in [1.82, 2.24) is 4.98 Å². The highest BCUT2D eigenvalue weighted by atomic mass is 16.5. The van der Waals surface area contributed by atoms with Crippen molar-refractivity contribution in [3.05, 3.63) is 60.3 Å². The van der Waals surface area contributed by atoms with E-state index in [0.717, 1.165) is 62.5 Å². The van der Waals surface area contributed by atoms with Crippen LogP contribution in [0.15, 0.2) is 54.7 Å². The summed E-state index contributed by atoms with van der Waals surface area (Å²) in [6.45, 7) is 6.94. The number of nitrogens with zero attached hydrogens (tertiary/aromatic N) is 1. The number of benzene rings is 1. The fourth-order valence-electron chi connectivity index (χ4n) is 3.72. The monoisotopic (exact) mass is 451 g/mol. The van der Waals surface area contributed by atoms with Gasteiger partial charge in [0.1, 0.15) is 5.75 Å². The average Bonchev–Trinajstić information content (AvgIpc) is 2.85. The summed E-state index contributed by atoms with van der Waals surface area (Å²) in [7, 11) is 0. The SMILES string of the molecule is CCCCC=CCCCCCOc1ccc(-c2ccc(CCCCCOCCC)cc2)nc1. The van der Waals surface area contributed by atoms with Crippen LogP contribution in [0.1, 0.15) is 90.0 Å². The number of allylic oxidation sites excluding steroid dienone is 2. The first-order valence-electron chi connectivity index (χ1n) is 13.2. The van der Waals surface area contributed by atoms with Gasteiger partial charge < -0.3 is 9.47 Å². The summed E-state index contributed by atoms with van der Waals surface area (Å²) in [5, 5.41) is 0. The van der Waals surface area contributed by atoms with E-state index in [1.54, 1.807) is 0 Å². The molecule has 0 unspecified atom stereocenters. The molecule has 3 heteroatoms. The Hall–Kier alpha value is -2.13. The molecular weight excluding hydrogens is 406 g/mol. The molecule has 3 nitrogen and oxygen atoms in total. The number of pyridine rings is 1. The van der Waals surface area contributed by atoms with Gasteiger partial charge in [-0.15, -0.1) is 0 Å². The first kappa shape index (κ1) is 27.1. The number of rotatable bonds is 19. The lowest BCUT2D eigenvalue weighted by molar-refractivity contribution is 0.130. The molecule has 0 fully saturated rings. The summed E-state index contributed by atoms with van der Waals surface area (Å²) in [6, 6.07) is 12.9. The molecule has 0 N–H and O–H groups in total. The molecule has 1 aromatic heterocycles. The Labute approximate surface area is 202 Å². The number of ether oxygens (including phenoxy) is 2. The molecule has 0 bridgehead atoms.